The zero-order valence-corrected chi connectivity index (χ0v) is 15.4. The quantitative estimate of drug-likeness (QED) is 0.254. The standard InChI is InChI=1S/C17H25BrO6/c18-6-7-20-8-9-21-10-11-22-12-13-23-14-15-24-17(19)16-4-2-1-3-5-16/h1-5H,6-15H2. The van der Waals surface area contributed by atoms with E-state index in [4.69, 9.17) is 23.7 Å². The van der Waals surface area contributed by atoms with Crippen LogP contribution in [0.3, 0.4) is 0 Å². The highest BCUT2D eigenvalue weighted by atomic mass is 79.9. The number of carbonyl (C=O) groups is 1. The molecule has 0 N–H and O–H groups in total. The van der Waals surface area contributed by atoms with Crippen molar-refractivity contribution in [3.8, 4) is 0 Å². The van der Waals surface area contributed by atoms with Crippen LogP contribution in [-0.4, -0.2) is 70.8 Å². The fourth-order valence-electron chi connectivity index (χ4n) is 1.67. The second kappa shape index (κ2) is 15.5. The lowest BCUT2D eigenvalue weighted by Gasteiger charge is -2.08. The van der Waals surface area contributed by atoms with E-state index in [0.717, 1.165) is 5.33 Å². The number of hydrogen-bond acceptors (Lipinski definition) is 6. The molecule has 0 heterocycles. The minimum atomic E-state index is -0.340. The third-order valence-electron chi connectivity index (χ3n) is 2.81. The van der Waals surface area contributed by atoms with Gasteiger partial charge in [-0.1, -0.05) is 34.1 Å². The molecular weight excluding hydrogens is 380 g/mol. The highest BCUT2D eigenvalue weighted by molar-refractivity contribution is 9.09. The number of ether oxygens (including phenoxy) is 5. The molecule has 0 saturated heterocycles. The molecule has 0 aliphatic heterocycles. The van der Waals surface area contributed by atoms with Crippen molar-refractivity contribution in [3.63, 3.8) is 0 Å². The number of alkyl halides is 1. The first-order chi connectivity index (χ1) is 11.8. The molecule has 0 atom stereocenters. The van der Waals surface area contributed by atoms with E-state index in [1.165, 1.54) is 0 Å². The molecule has 1 aromatic rings. The molecule has 0 aliphatic carbocycles. The summed E-state index contributed by atoms with van der Waals surface area (Å²) in [6.45, 7) is 4.42. The Kier molecular flexibility index (Phi) is 13.6. The number of carbonyl (C=O) groups excluding carboxylic acids is 1. The van der Waals surface area contributed by atoms with Gasteiger partial charge in [0.15, 0.2) is 0 Å². The fourth-order valence-corrected chi connectivity index (χ4v) is 1.90. The second-order valence-electron chi connectivity index (χ2n) is 4.64. The minimum Gasteiger partial charge on any atom is -0.460 e. The van der Waals surface area contributed by atoms with Crippen LogP contribution in [0.15, 0.2) is 30.3 Å². The van der Waals surface area contributed by atoms with Gasteiger partial charge >= 0.3 is 5.97 Å². The lowest BCUT2D eigenvalue weighted by Crippen LogP contribution is -2.14. The first-order valence-corrected chi connectivity index (χ1v) is 9.06. The maximum Gasteiger partial charge on any atom is 0.338 e. The van der Waals surface area contributed by atoms with Crippen LogP contribution in [0.4, 0.5) is 0 Å². The van der Waals surface area contributed by atoms with Gasteiger partial charge in [0.05, 0.1) is 58.4 Å². The summed E-state index contributed by atoms with van der Waals surface area (Å²) in [6, 6.07) is 8.87. The SMILES string of the molecule is O=C(OCCOCCOCCOCCOCCBr)c1ccccc1. The van der Waals surface area contributed by atoms with E-state index in [0.29, 0.717) is 58.4 Å². The number of benzene rings is 1. The van der Waals surface area contributed by atoms with Crippen molar-refractivity contribution in [2.45, 2.75) is 0 Å². The molecule has 1 aromatic carbocycles. The maximum atomic E-state index is 11.6. The molecule has 0 bridgehead atoms. The Morgan fingerprint density at radius 3 is 1.67 bits per heavy atom. The molecule has 0 unspecified atom stereocenters. The van der Waals surface area contributed by atoms with E-state index in [1.54, 1.807) is 24.3 Å². The molecule has 0 amide bonds. The topological polar surface area (TPSA) is 63.2 Å². The largest absolute Gasteiger partial charge is 0.460 e. The van der Waals surface area contributed by atoms with Gasteiger partial charge in [-0.05, 0) is 12.1 Å². The summed E-state index contributed by atoms with van der Waals surface area (Å²) in [6.07, 6.45) is 0. The molecule has 0 fully saturated rings. The Hall–Kier alpha value is -0.990. The van der Waals surface area contributed by atoms with Crippen molar-refractivity contribution >= 4 is 21.9 Å². The summed E-state index contributed by atoms with van der Waals surface area (Å²) in [7, 11) is 0. The maximum absolute atomic E-state index is 11.6. The van der Waals surface area contributed by atoms with Crippen LogP contribution >= 0.6 is 15.9 Å². The fraction of sp³-hybridized carbons (Fsp3) is 0.588. The smallest absolute Gasteiger partial charge is 0.338 e. The second-order valence-corrected chi connectivity index (χ2v) is 5.43. The van der Waals surface area contributed by atoms with Crippen LogP contribution in [0.2, 0.25) is 0 Å². The van der Waals surface area contributed by atoms with Gasteiger partial charge in [-0.15, -0.1) is 0 Å². The Bertz CT molecular complexity index is 415. The van der Waals surface area contributed by atoms with E-state index in [1.807, 2.05) is 6.07 Å². The van der Waals surface area contributed by atoms with Crippen molar-refractivity contribution in [3.05, 3.63) is 35.9 Å². The van der Waals surface area contributed by atoms with Gasteiger partial charge in [0.25, 0.3) is 0 Å². The molecular formula is C17H25BrO6. The van der Waals surface area contributed by atoms with Gasteiger partial charge in [0.2, 0.25) is 0 Å². The normalized spacial score (nSPS) is 10.7. The van der Waals surface area contributed by atoms with Crippen LogP contribution in [0.5, 0.6) is 0 Å². The summed E-state index contributed by atoms with van der Waals surface area (Å²) < 4.78 is 26.3. The molecule has 6 nitrogen and oxygen atoms in total. The number of esters is 1. The van der Waals surface area contributed by atoms with Crippen molar-refractivity contribution in [1.29, 1.82) is 0 Å². The Morgan fingerprint density at radius 2 is 1.17 bits per heavy atom. The van der Waals surface area contributed by atoms with Crippen molar-refractivity contribution < 1.29 is 28.5 Å². The predicted molar refractivity (Wildman–Crippen MR) is 93.8 cm³/mol. The third kappa shape index (κ3) is 11.5. The third-order valence-corrected chi connectivity index (χ3v) is 3.13. The molecule has 0 spiro atoms. The highest BCUT2D eigenvalue weighted by Gasteiger charge is 2.04. The predicted octanol–water partition coefficient (Wildman–Crippen LogP) is 2.30. The van der Waals surface area contributed by atoms with Crippen molar-refractivity contribution in [1.82, 2.24) is 0 Å². The lowest BCUT2D eigenvalue weighted by molar-refractivity contribution is -0.00787. The monoisotopic (exact) mass is 404 g/mol. The molecule has 136 valence electrons. The van der Waals surface area contributed by atoms with Gasteiger partial charge in [0.1, 0.15) is 6.61 Å². The zero-order chi connectivity index (χ0) is 17.3. The average molecular weight is 405 g/mol. The van der Waals surface area contributed by atoms with Crippen LogP contribution in [-0.2, 0) is 23.7 Å². The van der Waals surface area contributed by atoms with Crippen molar-refractivity contribution in [2.75, 3.05) is 64.8 Å². The highest BCUT2D eigenvalue weighted by Crippen LogP contribution is 2.00. The first-order valence-electron chi connectivity index (χ1n) is 7.93. The Morgan fingerprint density at radius 1 is 0.708 bits per heavy atom. The number of hydrogen-bond donors (Lipinski definition) is 0. The van der Waals surface area contributed by atoms with Crippen LogP contribution in [0.1, 0.15) is 10.4 Å². The molecule has 0 aliphatic rings. The summed E-state index contributed by atoms with van der Waals surface area (Å²) in [4.78, 5) is 11.6. The summed E-state index contributed by atoms with van der Waals surface area (Å²) in [5.74, 6) is -0.340. The van der Waals surface area contributed by atoms with E-state index in [-0.39, 0.29) is 12.6 Å². The Balaban J connectivity index is 1.80. The molecule has 0 aromatic heterocycles. The molecule has 0 saturated carbocycles. The molecule has 7 heteroatoms. The van der Waals surface area contributed by atoms with E-state index in [9.17, 15) is 4.79 Å². The first kappa shape index (κ1) is 21.1. The number of halogens is 1. The minimum absolute atomic E-state index is 0.227. The van der Waals surface area contributed by atoms with Gasteiger partial charge in [0, 0.05) is 5.33 Å². The molecule has 24 heavy (non-hydrogen) atoms. The van der Waals surface area contributed by atoms with Gasteiger partial charge in [-0.25, -0.2) is 4.79 Å². The van der Waals surface area contributed by atoms with Crippen molar-refractivity contribution in [2.24, 2.45) is 0 Å². The van der Waals surface area contributed by atoms with E-state index in [2.05, 4.69) is 15.9 Å². The van der Waals surface area contributed by atoms with E-state index >= 15 is 0 Å². The molecule has 1 rings (SSSR count). The lowest BCUT2D eigenvalue weighted by atomic mass is 10.2. The number of rotatable bonds is 15. The zero-order valence-electron chi connectivity index (χ0n) is 13.8. The summed E-state index contributed by atoms with van der Waals surface area (Å²) >= 11 is 3.28. The molecule has 0 radical (unpaired) electrons. The van der Waals surface area contributed by atoms with Gasteiger partial charge < -0.3 is 23.7 Å². The van der Waals surface area contributed by atoms with Crippen LogP contribution in [0, 0.1) is 0 Å². The van der Waals surface area contributed by atoms with Crippen LogP contribution < -0.4 is 0 Å². The van der Waals surface area contributed by atoms with E-state index < -0.39 is 0 Å². The summed E-state index contributed by atoms with van der Waals surface area (Å²) in [5.41, 5.74) is 0.540. The van der Waals surface area contributed by atoms with Gasteiger partial charge in [-0.2, -0.15) is 0 Å². The van der Waals surface area contributed by atoms with Crippen LogP contribution in [0.25, 0.3) is 0 Å². The Labute approximate surface area is 151 Å². The average Bonchev–Trinajstić information content (AvgIpc) is 2.62. The van der Waals surface area contributed by atoms with Gasteiger partial charge in [-0.3, -0.25) is 0 Å². The summed E-state index contributed by atoms with van der Waals surface area (Å²) in [5, 5.41) is 0.835.